The summed E-state index contributed by atoms with van der Waals surface area (Å²) in [7, 11) is 0. The number of nitro benzene ring substituents is 1. The fraction of sp³-hybridized carbons (Fsp3) is 0.364. The lowest BCUT2D eigenvalue weighted by Crippen LogP contribution is -2.58. The summed E-state index contributed by atoms with van der Waals surface area (Å²) in [6, 6.07) is 10.3. The van der Waals surface area contributed by atoms with Gasteiger partial charge in [0.25, 0.3) is 5.91 Å². The number of aldehydes is 1. The summed E-state index contributed by atoms with van der Waals surface area (Å²) in [5, 5.41) is 11.2. The number of halogens is 1. The highest BCUT2D eigenvalue weighted by Gasteiger charge is 2.32. The lowest BCUT2D eigenvalue weighted by Gasteiger charge is -2.44. The van der Waals surface area contributed by atoms with E-state index in [1.165, 1.54) is 30.3 Å². The Labute approximate surface area is 179 Å². The van der Waals surface area contributed by atoms with Crippen LogP contribution in [0.2, 0.25) is 0 Å². The average molecular weight is 429 g/mol. The number of carbonyl (C=O) groups excluding carboxylic acids is 2. The Morgan fingerprint density at radius 1 is 1.19 bits per heavy atom. The molecule has 1 aliphatic rings. The highest BCUT2D eigenvalue weighted by atomic mass is 19.1. The van der Waals surface area contributed by atoms with E-state index in [9.17, 15) is 24.1 Å². The van der Waals surface area contributed by atoms with Crippen molar-refractivity contribution in [2.24, 2.45) is 0 Å². The van der Waals surface area contributed by atoms with E-state index in [1.54, 1.807) is 17.0 Å². The van der Waals surface area contributed by atoms with Crippen molar-refractivity contribution >= 4 is 17.9 Å². The number of hydrogen-bond donors (Lipinski definition) is 0. The van der Waals surface area contributed by atoms with Gasteiger partial charge in [-0.15, -0.1) is 0 Å². The zero-order valence-corrected chi connectivity index (χ0v) is 17.4. The van der Waals surface area contributed by atoms with Gasteiger partial charge in [-0.1, -0.05) is 18.2 Å². The van der Waals surface area contributed by atoms with Gasteiger partial charge in [-0.05, 0) is 37.6 Å². The van der Waals surface area contributed by atoms with Gasteiger partial charge in [0.15, 0.2) is 12.9 Å². The maximum absolute atomic E-state index is 13.1. The third-order valence-corrected chi connectivity index (χ3v) is 5.42. The first-order valence-corrected chi connectivity index (χ1v) is 9.93. The first-order chi connectivity index (χ1) is 14.8. The second-order valence-electron chi connectivity index (χ2n) is 7.66. The van der Waals surface area contributed by atoms with Crippen LogP contribution in [-0.2, 0) is 11.3 Å². The Hall–Kier alpha value is -3.33. The molecule has 0 spiro atoms. The molecule has 0 bridgehead atoms. The van der Waals surface area contributed by atoms with Crippen molar-refractivity contribution in [3.8, 4) is 5.75 Å². The Kier molecular flexibility index (Phi) is 6.96. The van der Waals surface area contributed by atoms with Gasteiger partial charge in [0.2, 0.25) is 5.75 Å². The minimum Gasteiger partial charge on any atom is -0.476 e. The number of para-hydroxylation sites is 1. The quantitative estimate of drug-likeness (QED) is 0.382. The van der Waals surface area contributed by atoms with Crippen molar-refractivity contribution < 1.29 is 23.6 Å². The van der Waals surface area contributed by atoms with Crippen molar-refractivity contribution in [2.75, 3.05) is 19.7 Å². The van der Waals surface area contributed by atoms with Crippen LogP contribution >= 0.6 is 0 Å². The zero-order valence-electron chi connectivity index (χ0n) is 17.4. The van der Waals surface area contributed by atoms with Crippen molar-refractivity contribution in [1.29, 1.82) is 0 Å². The van der Waals surface area contributed by atoms with Gasteiger partial charge in [0.05, 0.1) is 10.5 Å². The summed E-state index contributed by atoms with van der Waals surface area (Å²) < 4.78 is 18.6. The second-order valence-corrected chi connectivity index (χ2v) is 7.66. The largest absolute Gasteiger partial charge is 0.476 e. The molecule has 8 nitrogen and oxygen atoms in total. The fourth-order valence-electron chi connectivity index (χ4n) is 3.74. The van der Waals surface area contributed by atoms with E-state index in [-0.39, 0.29) is 40.8 Å². The first kappa shape index (κ1) is 22.4. The summed E-state index contributed by atoms with van der Waals surface area (Å²) >= 11 is 0. The molecule has 1 fully saturated rings. The van der Waals surface area contributed by atoms with Crippen LogP contribution in [0.5, 0.6) is 5.75 Å². The molecular weight excluding hydrogens is 405 g/mol. The molecule has 164 valence electrons. The predicted octanol–water partition coefficient (Wildman–Crippen LogP) is 3.05. The first-order valence-electron chi connectivity index (χ1n) is 9.93. The highest BCUT2D eigenvalue weighted by molar-refractivity contribution is 5.83. The molecule has 0 radical (unpaired) electrons. The van der Waals surface area contributed by atoms with Gasteiger partial charge in [-0.25, -0.2) is 4.39 Å². The van der Waals surface area contributed by atoms with Gasteiger partial charge in [0, 0.05) is 37.8 Å². The molecule has 0 aromatic heterocycles. The summed E-state index contributed by atoms with van der Waals surface area (Å²) in [4.78, 5) is 38.5. The Morgan fingerprint density at radius 2 is 1.90 bits per heavy atom. The molecule has 1 aliphatic heterocycles. The van der Waals surface area contributed by atoms with Crippen molar-refractivity contribution in [2.45, 2.75) is 32.5 Å². The molecule has 2 aromatic carbocycles. The van der Waals surface area contributed by atoms with E-state index in [2.05, 4.69) is 4.90 Å². The lowest BCUT2D eigenvalue weighted by molar-refractivity contribution is -0.385. The maximum atomic E-state index is 13.1. The van der Waals surface area contributed by atoms with Crippen LogP contribution < -0.4 is 4.74 Å². The van der Waals surface area contributed by atoms with E-state index in [4.69, 9.17) is 4.74 Å². The number of benzene rings is 2. The Morgan fingerprint density at radius 3 is 2.55 bits per heavy atom. The number of rotatable bonds is 7. The molecule has 3 rings (SSSR count). The summed E-state index contributed by atoms with van der Waals surface area (Å²) in [5.74, 6) is -0.792. The van der Waals surface area contributed by atoms with Gasteiger partial charge >= 0.3 is 5.69 Å². The monoisotopic (exact) mass is 429 g/mol. The normalized spacial score (nSPS) is 19.1. The number of nitrogens with zero attached hydrogens (tertiary/aromatic N) is 3. The third kappa shape index (κ3) is 5.24. The van der Waals surface area contributed by atoms with Crippen LogP contribution in [0.25, 0.3) is 0 Å². The van der Waals surface area contributed by atoms with Crippen LogP contribution in [-0.4, -0.2) is 58.7 Å². The molecule has 31 heavy (non-hydrogen) atoms. The van der Waals surface area contributed by atoms with Gasteiger partial charge in [-0.2, -0.15) is 0 Å². The SMILES string of the molecule is C[C@@H]1CN(C(=O)COc2c(C=O)cccc2[N+](=O)[O-])[C@@H](C)CN1Cc1ccc(F)cc1. The van der Waals surface area contributed by atoms with E-state index in [1.807, 2.05) is 13.8 Å². The molecular formula is C22H24FN3O5. The molecule has 0 unspecified atom stereocenters. The van der Waals surface area contributed by atoms with E-state index < -0.39 is 11.5 Å². The van der Waals surface area contributed by atoms with Crippen LogP contribution in [0.1, 0.15) is 29.8 Å². The van der Waals surface area contributed by atoms with Crippen LogP contribution in [0.15, 0.2) is 42.5 Å². The van der Waals surface area contributed by atoms with Crippen LogP contribution in [0.4, 0.5) is 10.1 Å². The number of ether oxygens (including phenoxy) is 1. The fourth-order valence-corrected chi connectivity index (χ4v) is 3.74. The highest BCUT2D eigenvalue weighted by Crippen LogP contribution is 2.30. The molecule has 0 aliphatic carbocycles. The molecule has 0 saturated carbocycles. The molecule has 1 heterocycles. The maximum Gasteiger partial charge on any atom is 0.311 e. The minimum absolute atomic E-state index is 0.0209. The van der Waals surface area contributed by atoms with E-state index >= 15 is 0 Å². The molecule has 0 N–H and O–H groups in total. The summed E-state index contributed by atoms with van der Waals surface area (Å²) in [5.41, 5.74) is 0.650. The standard InChI is InChI=1S/C22H24FN3O5/c1-15-11-25(16(2)10-24(15)12-17-6-8-19(23)9-7-17)21(28)14-31-22-18(13-27)4-3-5-20(22)26(29)30/h3-9,13,15-16H,10-12,14H2,1-2H3/t15-,16+/m1/s1. The molecule has 2 atom stereocenters. The molecule has 1 saturated heterocycles. The lowest BCUT2D eigenvalue weighted by atomic mass is 10.1. The van der Waals surface area contributed by atoms with Crippen LogP contribution in [0, 0.1) is 15.9 Å². The van der Waals surface area contributed by atoms with E-state index in [0.717, 1.165) is 5.56 Å². The second kappa shape index (κ2) is 9.65. The molecule has 1 amide bonds. The number of hydrogen-bond acceptors (Lipinski definition) is 6. The zero-order chi connectivity index (χ0) is 22.5. The smallest absolute Gasteiger partial charge is 0.311 e. The predicted molar refractivity (Wildman–Crippen MR) is 111 cm³/mol. The van der Waals surface area contributed by atoms with Crippen molar-refractivity contribution in [1.82, 2.24) is 9.80 Å². The van der Waals surface area contributed by atoms with Gasteiger partial charge < -0.3 is 9.64 Å². The summed E-state index contributed by atoms with van der Waals surface area (Å²) in [6.45, 7) is 5.24. The van der Waals surface area contributed by atoms with Crippen molar-refractivity contribution in [3.63, 3.8) is 0 Å². The van der Waals surface area contributed by atoms with E-state index in [0.29, 0.717) is 25.9 Å². The van der Waals surface area contributed by atoms with Crippen molar-refractivity contribution in [3.05, 3.63) is 69.5 Å². The number of nitro groups is 1. The number of amides is 1. The number of piperazine rings is 1. The average Bonchev–Trinajstić information content (AvgIpc) is 2.75. The minimum atomic E-state index is -0.647. The van der Waals surface area contributed by atoms with Gasteiger partial charge in [-0.3, -0.25) is 24.6 Å². The third-order valence-electron chi connectivity index (χ3n) is 5.42. The van der Waals surface area contributed by atoms with Crippen LogP contribution in [0.3, 0.4) is 0 Å². The Bertz CT molecular complexity index is 966. The van der Waals surface area contributed by atoms with Gasteiger partial charge in [0.1, 0.15) is 5.82 Å². The summed E-state index contributed by atoms with van der Waals surface area (Å²) in [6.07, 6.45) is 0.464. The number of carbonyl (C=O) groups is 2. The molecule has 9 heteroatoms. The topological polar surface area (TPSA) is 93.0 Å². The molecule has 2 aromatic rings. The Balaban J connectivity index is 1.64.